The molecule has 3 heteroatoms. The van der Waals surface area contributed by atoms with Gasteiger partial charge in [0.25, 0.3) is 0 Å². The topological polar surface area (TPSA) is 37.6 Å². The van der Waals surface area contributed by atoms with Gasteiger partial charge >= 0.3 is 0 Å². The van der Waals surface area contributed by atoms with Gasteiger partial charge in [-0.1, -0.05) is 45.4 Å². The minimum atomic E-state index is 0.169. The summed E-state index contributed by atoms with van der Waals surface area (Å²) in [6, 6.07) is 0. The molecule has 0 N–H and O–H groups in total. The molecular formula is C23H30O3. The molecule has 0 aromatic carbocycles. The quantitative estimate of drug-likeness (QED) is 0.614. The number of hydrogen-bond acceptors (Lipinski definition) is 3. The molecule has 3 aliphatic heterocycles. The lowest BCUT2D eigenvalue weighted by molar-refractivity contribution is -0.107. The van der Waals surface area contributed by atoms with Gasteiger partial charge < -0.3 is 14.2 Å². The van der Waals surface area contributed by atoms with Crippen molar-refractivity contribution in [2.24, 2.45) is 23.2 Å². The third-order valence-electron chi connectivity index (χ3n) is 11.8. The monoisotopic (exact) mass is 354 g/mol. The average molecular weight is 354 g/mol. The maximum absolute atomic E-state index is 7.01. The highest BCUT2D eigenvalue weighted by molar-refractivity contribution is 5.57. The second kappa shape index (κ2) is 3.27. The molecule has 9 rings (SSSR count). The van der Waals surface area contributed by atoms with Gasteiger partial charge in [-0.15, -0.1) is 0 Å². The van der Waals surface area contributed by atoms with Crippen molar-refractivity contribution < 1.29 is 14.2 Å². The Morgan fingerprint density at radius 3 is 0.923 bits per heavy atom. The zero-order valence-corrected chi connectivity index (χ0v) is 15.9. The van der Waals surface area contributed by atoms with Crippen LogP contribution in [-0.4, -0.2) is 33.6 Å². The molecule has 0 radical (unpaired) electrons. The Balaban J connectivity index is 1.38. The Bertz CT molecular complexity index is 653. The SMILES string of the molecule is CC12C3C45CCCCC4(O5)C1C14CCCCC1(O4)C2C12CCCCC31O2. The smallest absolute Gasteiger partial charge is 0.105 e. The molecule has 0 bridgehead atoms. The summed E-state index contributed by atoms with van der Waals surface area (Å²) in [7, 11) is 0. The van der Waals surface area contributed by atoms with Crippen LogP contribution in [0.3, 0.4) is 0 Å². The number of ether oxygens (including phenoxy) is 3. The van der Waals surface area contributed by atoms with E-state index in [1.165, 1.54) is 77.0 Å². The first-order chi connectivity index (χ1) is 12.6. The molecule has 6 aliphatic carbocycles. The third-order valence-corrected chi connectivity index (χ3v) is 11.8. The lowest BCUT2D eigenvalue weighted by atomic mass is 9.66. The van der Waals surface area contributed by atoms with Crippen molar-refractivity contribution in [1.29, 1.82) is 0 Å². The summed E-state index contributed by atoms with van der Waals surface area (Å²) in [5.41, 5.74) is 1.44. The van der Waals surface area contributed by atoms with Crippen LogP contribution in [0.15, 0.2) is 0 Å². The van der Waals surface area contributed by atoms with Crippen LogP contribution in [0.1, 0.15) is 84.0 Å². The van der Waals surface area contributed by atoms with Crippen molar-refractivity contribution in [2.45, 2.75) is 118 Å². The molecule has 0 spiro atoms. The summed E-state index contributed by atoms with van der Waals surface area (Å²) < 4.78 is 21.0. The minimum absolute atomic E-state index is 0.169. The van der Waals surface area contributed by atoms with Gasteiger partial charge in [-0.25, -0.2) is 0 Å². The van der Waals surface area contributed by atoms with Crippen molar-refractivity contribution in [2.75, 3.05) is 0 Å². The van der Waals surface area contributed by atoms with Crippen molar-refractivity contribution in [3.63, 3.8) is 0 Å². The summed E-state index contributed by atoms with van der Waals surface area (Å²) >= 11 is 0. The van der Waals surface area contributed by atoms with Gasteiger partial charge in [0.2, 0.25) is 0 Å². The highest BCUT2D eigenvalue weighted by Gasteiger charge is 3.10. The van der Waals surface area contributed by atoms with E-state index in [9.17, 15) is 0 Å². The molecule has 0 aromatic heterocycles. The molecule has 9 aliphatic rings. The largest absolute Gasteiger partial charge is 0.362 e. The molecule has 6 atom stereocenters. The Morgan fingerprint density at radius 2 is 0.692 bits per heavy atom. The summed E-state index contributed by atoms with van der Waals surface area (Å²) in [6.07, 6.45) is 16.1. The fourth-order valence-corrected chi connectivity index (χ4v) is 12.1. The van der Waals surface area contributed by atoms with E-state index in [2.05, 4.69) is 6.92 Å². The first kappa shape index (κ1) is 14.0. The van der Waals surface area contributed by atoms with Crippen LogP contribution in [0.4, 0.5) is 0 Å². The second-order valence-electron chi connectivity index (χ2n) is 11.9. The number of hydrogen-bond donors (Lipinski definition) is 0. The lowest BCUT2D eigenvalue weighted by Crippen LogP contribution is -2.45. The van der Waals surface area contributed by atoms with E-state index in [0.29, 0.717) is 23.2 Å². The van der Waals surface area contributed by atoms with Crippen LogP contribution in [0.25, 0.3) is 0 Å². The van der Waals surface area contributed by atoms with Crippen LogP contribution >= 0.6 is 0 Å². The van der Waals surface area contributed by atoms with Crippen LogP contribution in [-0.2, 0) is 14.2 Å². The highest BCUT2D eigenvalue weighted by atomic mass is 16.7. The zero-order chi connectivity index (χ0) is 16.8. The first-order valence-corrected chi connectivity index (χ1v) is 11.7. The Hall–Kier alpha value is -0.120. The van der Waals surface area contributed by atoms with Crippen LogP contribution in [0.2, 0.25) is 0 Å². The van der Waals surface area contributed by atoms with E-state index in [-0.39, 0.29) is 33.6 Å². The standard InChI is InChI=1S/C23H30O3/c1-17-14-18-8-2-3-9-19(18,24-18)15(17)21-11-6-7-13-23(21,26-21)16(17)22-12-5-4-10-20(14,22)25-22/h14-16H,2-13H2,1H3. The molecule has 140 valence electrons. The van der Waals surface area contributed by atoms with Gasteiger partial charge in [-0.3, -0.25) is 0 Å². The van der Waals surface area contributed by atoms with E-state index < -0.39 is 0 Å². The third kappa shape index (κ3) is 0.870. The number of rotatable bonds is 0. The molecular weight excluding hydrogens is 324 g/mol. The van der Waals surface area contributed by atoms with E-state index in [4.69, 9.17) is 14.2 Å². The van der Waals surface area contributed by atoms with Gasteiger partial charge in [0.1, 0.15) is 33.6 Å². The summed E-state index contributed by atoms with van der Waals surface area (Å²) in [5.74, 6) is 2.00. The molecule has 26 heavy (non-hydrogen) atoms. The van der Waals surface area contributed by atoms with Crippen molar-refractivity contribution in [3.8, 4) is 0 Å². The minimum Gasteiger partial charge on any atom is -0.362 e. The maximum Gasteiger partial charge on any atom is 0.105 e. The Kier molecular flexibility index (Phi) is 1.75. The van der Waals surface area contributed by atoms with Gasteiger partial charge in [0, 0.05) is 17.8 Å². The van der Waals surface area contributed by atoms with Gasteiger partial charge in [-0.05, 0) is 43.9 Å². The molecule has 0 aromatic rings. The summed E-state index contributed by atoms with van der Waals surface area (Å²) in [6.45, 7) is 2.71. The average Bonchev–Trinajstić information content (AvgIpc) is 3.52. The van der Waals surface area contributed by atoms with Crippen molar-refractivity contribution in [1.82, 2.24) is 0 Å². The van der Waals surface area contributed by atoms with Crippen LogP contribution in [0.5, 0.6) is 0 Å². The summed E-state index contributed by atoms with van der Waals surface area (Å²) in [5, 5.41) is 0. The van der Waals surface area contributed by atoms with E-state index >= 15 is 0 Å². The molecule has 9 fully saturated rings. The molecule has 3 heterocycles. The highest BCUT2D eigenvalue weighted by Crippen LogP contribution is 2.99. The normalized spacial score (nSPS) is 78.1. The molecule has 6 unspecified atom stereocenters. The van der Waals surface area contributed by atoms with Gasteiger partial charge in [0.05, 0.1) is 0 Å². The van der Waals surface area contributed by atoms with Gasteiger partial charge in [-0.2, -0.15) is 0 Å². The van der Waals surface area contributed by atoms with E-state index in [1.807, 2.05) is 0 Å². The molecule has 3 saturated heterocycles. The fourth-order valence-electron chi connectivity index (χ4n) is 12.1. The maximum atomic E-state index is 7.01. The summed E-state index contributed by atoms with van der Waals surface area (Å²) in [4.78, 5) is 0. The predicted octanol–water partition coefficient (Wildman–Crippen LogP) is 4.13. The van der Waals surface area contributed by atoms with Crippen LogP contribution in [0, 0.1) is 23.2 Å². The Labute approximate surface area is 155 Å². The van der Waals surface area contributed by atoms with Gasteiger partial charge in [0.15, 0.2) is 0 Å². The predicted molar refractivity (Wildman–Crippen MR) is 93.6 cm³/mol. The van der Waals surface area contributed by atoms with Crippen molar-refractivity contribution >= 4 is 0 Å². The first-order valence-electron chi connectivity index (χ1n) is 11.7. The Morgan fingerprint density at radius 1 is 0.462 bits per heavy atom. The van der Waals surface area contributed by atoms with E-state index in [1.54, 1.807) is 0 Å². The van der Waals surface area contributed by atoms with Crippen LogP contribution < -0.4 is 0 Å². The lowest BCUT2D eigenvalue weighted by Gasteiger charge is -2.43. The zero-order valence-electron chi connectivity index (χ0n) is 15.9. The number of epoxide rings is 3. The van der Waals surface area contributed by atoms with E-state index in [0.717, 1.165) is 0 Å². The van der Waals surface area contributed by atoms with Crippen molar-refractivity contribution in [3.05, 3.63) is 0 Å². The molecule has 3 nitrogen and oxygen atoms in total. The second-order valence-corrected chi connectivity index (χ2v) is 11.9. The molecule has 0 amide bonds. The molecule has 6 saturated carbocycles. The fraction of sp³-hybridized carbons (Fsp3) is 1.00.